The summed E-state index contributed by atoms with van der Waals surface area (Å²) in [5.41, 5.74) is 5.47. The second-order valence-corrected chi connectivity index (χ2v) is 8.23. The van der Waals surface area contributed by atoms with E-state index in [-0.39, 0.29) is 11.1 Å². The molecule has 4 aromatic rings. The molecule has 0 aliphatic carbocycles. The summed E-state index contributed by atoms with van der Waals surface area (Å²) in [5.74, 6) is 0.0426. The van der Waals surface area contributed by atoms with Crippen molar-refractivity contribution in [3.05, 3.63) is 58.9 Å². The number of hydrogen-bond donors (Lipinski definition) is 0. The van der Waals surface area contributed by atoms with Crippen molar-refractivity contribution in [1.29, 1.82) is 0 Å². The summed E-state index contributed by atoms with van der Waals surface area (Å²) < 4.78 is 20.1. The number of ether oxygens (including phenoxy) is 3. The minimum atomic E-state index is -0.646. The number of nitrogens with zero attached hydrogens (tertiary/aromatic N) is 2. The van der Waals surface area contributed by atoms with Gasteiger partial charge in [-0.25, -0.2) is 9.59 Å². The number of cyclic esters (lactones) is 2. The largest absolute Gasteiger partial charge is 0.497 e. The molecule has 2 aromatic heterocycles. The van der Waals surface area contributed by atoms with Gasteiger partial charge in [0.2, 0.25) is 0 Å². The molecule has 0 atom stereocenters. The quantitative estimate of drug-likeness (QED) is 0.347. The minimum absolute atomic E-state index is 0.273. The Morgan fingerprint density at radius 1 is 0.697 bits per heavy atom. The fourth-order valence-corrected chi connectivity index (χ4v) is 4.83. The van der Waals surface area contributed by atoms with Gasteiger partial charge in [-0.15, -0.1) is 0 Å². The van der Waals surface area contributed by atoms with E-state index in [0.717, 1.165) is 33.2 Å². The molecule has 5 rings (SSSR count). The van der Waals surface area contributed by atoms with Gasteiger partial charge in [-0.2, -0.15) is 0 Å². The molecule has 7 nitrogen and oxygen atoms in total. The molecule has 0 fully saturated rings. The molecule has 2 aromatic carbocycles. The van der Waals surface area contributed by atoms with E-state index in [9.17, 15) is 9.59 Å². The maximum Gasteiger partial charge on any atom is 0.347 e. The average molecular weight is 444 g/mol. The second-order valence-electron chi connectivity index (χ2n) is 8.23. The normalized spacial score (nSPS) is 14.0. The molecule has 0 unspecified atom stereocenters. The number of hydrogen-bond acceptors (Lipinski definition) is 5. The highest BCUT2D eigenvalue weighted by molar-refractivity contribution is 6.47. The molecule has 0 saturated heterocycles. The molecule has 0 saturated carbocycles. The van der Waals surface area contributed by atoms with Gasteiger partial charge in [-0.1, -0.05) is 0 Å². The highest BCUT2D eigenvalue weighted by Gasteiger charge is 2.39. The van der Waals surface area contributed by atoms with Crippen molar-refractivity contribution in [2.75, 3.05) is 14.2 Å². The molecule has 0 amide bonds. The highest BCUT2D eigenvalue weighted by atomic mass is 16.6. The lowest BCUT2D eigenvalue weighted by Gasteiger charge is -2.07. The van der Waals surface area contributed by atoms with E-state index in [4.69, 9.17) is 14.2 Å². The Balaban J connectivity index is 1.93. The van der Waals surface area contributed by atoms with E-state index in [1.165, 1.54) is 0 Å². The van der Waals surface area contributed by atoms with Crippen molar-refractivity contribution in [3.63, 3.8) is 0 Å². The molecule has 168 valence electrons. The maximum absolute atomic E-state index is 13.1. The summed E-state index contributed by atoms with van der Waals surface area (Å²) >= 11 is 0. The van der Waals surface area contributed by atoms with Crippen LogP contribution in [0.15, 0.2) is 36.4 Å². The van der Waals surface area contributed by atoms with Gasteiger partial charge in [-0.05, 0) is 50.2 Å². The molecule has 0 spiro atoms. The van der Waals surface area contributed by atoms with Crippen molar-refractivity contribution in [2.45, 2.75) is 13.8 Å². The van der Waals surface area contributed by atoms with Gasteiger partial charge in [0.15, 0.2) is 0 Å². The third-order valence-corrected chi connectivity index (χ3v) is 6.74. The van der Waals surface area contributed by atoms with Gasteiger partial charge in [0.05, 0.1) is 25.4 Å². The molecule has 1 aliphatic heterocycles. The molecule has 0 bridgehead atoms. The molecule has 0 radical (unpaired) electrons. The van der Waals surface area contributed by atoms with Crippen molar-refractivity contribution >= 4 is 44.9 Å². The van der Waals surface area contributed by atoms with E-state index >= 15 is 0 Å². The van der Waals surface area contributed by atoms with Crippen molar-refractivity contribution < 1.29 is 23.8 Å². The lowest BCUT2D eigenvalue weighted by atomic mass is 9.92. The fourth-order valence-electron chi connectivity index (χ4n) is 4.83. The monoisotopic (exact) mass is 444 g/mol. The van der Waals surface area contributed by atoms with E-state index in [1.807, 2.05) is 73.5 Å². The first-order valence-corrected chi connectivity index (χ1v) is 10.6. The topological polar surface area (TPSA) is 71.7 Å². The first kappa shape index (κ1) is 20.9. The Bertz CT molecular complexity index is 1420. The van der Waals surface area contributed by atoms with Crippen LogP contribution in [0.25, 0.3) is 33.0 Å². The molecule has 33 heavy (non-hydrogen) atoms. The summed E-state index contributed by atoms with van der Waals surface area (Å²) in [7, 11) is 7.07. The average Bonchev–Trinajstić information content (AvgIpc) is 3.33. The number of fused-ring (bicyclic) bond motifs is 2. The number of carbonyl (C=O) groups excluding carboxylic acids is 2. The summed E-state index contributed by atoms with van der Waals surface area (Å²) in [5, 5.41) is 1.65. The van der Waals surface area contributed by atoms with Crippen LogP contribution in [-0.2, 0) is 28.4 Å². The van der Waals surface area contributed by atoms with E-state index in [1.54, 1.807) is 14.2 Å². The predicted molar refractivity (Wildman–Crippen MR) is 126 cm³/mol. The van der Waals surface area contributed by atoms with Gasteiger partial charge >= 0.3 is 11.9 Å². The smallest absolute Gasteiger partial charge is 0.347 e. The number of esters is 2. The van der Waals surface area contributed by atoms with Crippen molar-refractivity contribution in [1.82, 2.24) is 9.13 Å². The van der Waals surface area contributed by atoms with Gasteiger partial charge in [-0.3, -0.25) is 0 Å². The first-order valence-electron chi connectivity index (χ1n) is 10.6. The summed E-state index contributed by atoms with van der Waals surface area (Å²) in [6, 6.07) is 11.4. The van der Waals surface area contributed by atoms with Gasteiger partial charge in [0, 0.05) is 58.4 Å². The van der Waals surface area contributed by atoms with Crippen LogP contribution in [-0.4, -0.2) is 35.3 Å². The van der Waals surface area contributed by atoms with Crippen LogP contribution in [0.2, 0.25) is 0 Å². The van der Waals surface area contributed by atoms with Gasteiger partial charge < -0.3 is 23.3 Å². The number of aryl methyl sites for hydroxylation is 2. The fraction of sp³-hybridized carbons (Fsp3) is 0.231. The zero-order valence-corrected chi connectivity index (χ0v) is 19.4. The lowest BCUT2D eigenvalue weighted by Crippen LogP contribution is -2.03. The standard InChI is InChI=1S/C26H24N2O5/c1-13-21(17-11-15(31-5)7-9-19(17)27(13)3)23-24(26(30)33-25(23)29)22-14(2)28(4)20-10-8-16(32-6)12-18(20)22/h7-12H,1-6H3. The van der Waals surface area contributed by atoms with Crippen LogP contribution in [0.1, 0.15) is 22.5 Å². The van der Waals surface area contributed by atoms with Crippen LogP contribution in [0.4, 0.5) is 0 Å². The van der Waals surface area contributed by atoms with Crippen LogP contribution < -0.4 is 9.47 Å². The minimum Gasteiger partial charge on any atom is -0.497 e. The Hall–Kier alpha value is -4.00. The van der Waals surface area contributed by atoms with Crippen molar-refractivity contribution in [2.24, 2.45) is 14.1 Å². The summed E-state index contributed by atoms with van der Waals surface area (Å²) in [6.07, 6.45) is 0. The Morgan fingerprint density at radius 2 is 1.09 bits per heavy atom. The zero-order chi connectivity index (χ0) is 23.6. The van der Waals surface area contributed by atoms with Crippen LogP contribution in [0.3, 0.4) is 0 Å². The first-order chi connectivity index (χ1) is 15.8. The van der Waals surface area contributed by atoms with E-state index in [2.05, 4.69) is 0 Å². The Kier molecular flexibility index (Phi) is 4.60. The Morgan fingerprint density at radius 3 is 1.45 bits per heavy atom. The molecule has 7 heteroatoms. The summed E-state index contributed by atoms with van der Waals surface area (Å²) in [4.78, 5) is 26.3. The molecular weight excluding hydrogens is 420 g/mol. The van der Waals surface area contributed by atoms with Crippen LogP contribution >= 0.6 is 0 Å². The lowest BCUT2D eigenvalue weighted by molar-refractivity contribution is -0.149. The molecular formula is C26H24N2O5. The molecule has 3 heterocycles. The molecule has 0 N–H and O–H groups in total. The number of rotatable bonds is 4. The third kappa shape index (κ3) is 2.81. The maximum atomic E-state index is 13.1. The van der Waals surface area contributed by atoms with Gasteiger partial charge in [0.1, 0.15) is 11.5 Å². The third-order valence-electron chi connectivity index (χ3n) is 6.74. The second kappa shape index (κ2) is 7.27. The van der Waals surface area contributed by atoms with E-state index < -0.39 is 11.9 Å². The molecule has 1 aliphatic rings. The highest BCUT2D eigenvalue weighted by Crippen LogP contribution is 2.44. The number of benzene rings is 2. The number of methoxy groups -OCH3 is 2. The Labute approximate surface area is 190 Å². The SMILES string of the molecule is COc1ccc2c(c1)c(C1=C(c3c(C)n(C)c4ccc(OC)cc34)C(=O)OC1=O)c(C)n2C. The van der Waals surface area contributed by atoms with Gasteiger partial charge in [0.25, 0.3) is 0 Å². The predicted octanol–water partition coefficient (Wildman–Crippen LogP) is 4.30. The zero-order valence-electron chi connectivity index (χ0n) is 19.4. The van der Waals surface area contributed by atoms with Crippen LogP contribution in [0.5, 0.6) is 11.5 Å². The number of carbonyl (C=O) groups is 2. The number of aromatic nitrogens is 2. The summed E-state index contributed by atoms with van der Waals surface area (Å²) in [6.45, 7) is 3.86. The van der Waals surface area contributed by atoms with Crippen LogP contribution in [0, 0.1) is 13.8 Å². The van der Waals surface area contributed by atoms with Crippen molar-refractivity contribution in [3.8, 4) is 11.5 Å². The van der Waals surface area contributed by atoms with E-state index in [0.29, 0.717) is 22.6 Å².